The van der Waals surface area contributed by atoms with Crippen LogP contribution in [0.25, 0.3) is 0 Å². The minimum atomic E-state index is -1.11. The van der Waals surface area contributed by atoms with Crippen LogP contribution in [0.3, 0.4) is 0 Å². The van der Waals surface area contributed by atoms with Gasteiger partial charge in [-0.05, 0) is 32.6 Å². The van der Waals surface area contributed by atoms with Gasteiger partial charge >= 0.3 is 35.5 Å². The van der Waals surface area contributed by atoms with E-state index in [1.165, 1.54) is 40.2 Å². The van der Waals surface area contributed by atoms with Gasteiger partial charge in [0.25, 0.3) is 0 Å². The number of nitrogens with zero attached hydrogens (tertiary/aromatic N) is 1. The van der Waals surface area contributed by atoms with Gasteiger partial charge in [-0.15, -0.1) is 0 Å². The number of carboxylic acid groups (broad SMARTS) is 1. The Hall–Kier alpha value is -0.260. The Balaban J connectivity index is 0.00000450. The van der Waals surface area contributed by atoms with Crippen molar-refractivity contribution >= 4 is 11.9 Å². The molecular formula is C20H34NNaO8. The number of hydrogen-bond acceptors (Lipinski definition) is 8. The maximum Gasteiger partial charge on any atom is 1.00 e. The summed E-state index contributed by atoms with van der Waals surface area (Å²) in [6.07, 6.45) is 2.08. The molecule has 9 nitrogen and oxygen atoms in total. The monoisotopic (exact) mass is 439 g/mol. The summed E-state index contributed by atoms with van der Waals surface area (Å²) < 4.78 is 28.9. The van der Waals surface area contributed by atoms with Crippen molar-refractivity contribution in [3.05, 3.63) is 0 Å². The van der Waals surface area contributed by atoms with Crippen LogP contribution in [-0.2, 0) is 28.5 Å². The summed E-state index contributed by atoms with van der Waals surface area (Å²) in [5.74, 6) is -1.53. The van der Waals surface area contributed by atoms with E-state index in [4.69, 9.17) is 23.7 Å². The fourth-order valence-corrected chi connectivity index (χ4v) is 3.66. The molecule has 0 aliphatic carbocycles. The fourth-order valence-electron chi connectivity index (χ4n) is 3.66. The van der Waals surface area contributed by atoms with Crippen molar-refractivity contribution in [2.45, 2.75) is 102 Å². The normalized spacial score (nSPS) is 32.7. The first-order valence-corrected chi connectivity index (χ1v) is 10.4. The molecule has 2 unspecified atom stereocenters. The van der Waals surface area contributed by atoms with Gasteiger partial charge < -0.3 is 33.9 Å². The van der Waals surface area contributed by atoms with Crippen LogP contribution in [0.2, 0.25) is 0 Å². The predicted molar refractivity (Wildman–Crippen MR) is 103 cm³/mol. The van der Waals surface area contributed by atoms with Gasteiger partial charge in [-0.1, -0.05) is 32.6 Å². The predicted octanol–water partition coefficient (Wildman–Crippen LogP) is -1.53. The molecule has 0 bridgehead atoms. The Bertz CT molecular complexity index is 543. The average Bonchev–Trinajstić information content (AvgIpc) is 2.68. The third-order valence-corrected chi connectivity index (χ3v) is 5.19. The van der Waals surface area contributed by atoms with E-state index in [1.807, 2.05) is 0 Å². The topological polar surface area (TPSA) is 119 Å². The van der Waals surface area contributed by atoms with E-state index < -0.39 is 54.9 Å². The number of carboxylic acids is 1. The summed E-state index contributed by atoms with van der Waals surface area (Å²) in [6, 6.07) is -0.830. The second-order valence-corrected chi connectivity index (χ2v) is 7.56. The smallest absolute Gasteiger partial charge is 0.862 e. The van der Waals surface area contributed by atoms with E-state index in [0.29, 0.717) is 0 Å². The molecule has 30 heavy (non-hydrogen) atoms. The largest absolute Gasteiger partial charge is 1.00 e. The van der Waals surface area contributed by atoms with Gasteiger partial charge in [0.1, 0.15) is 24.4 Å². The number of aliphatic carboxylic acids is 1. The van der Waals surface area contributed by atoms with Crippen LogP contribution >= 0.6 is 0 Å². The summed E-state index contributed by atoms with van der Waals surface area (Å²) in [5.41, 5.74) is 0. The van der Waals surface area contributed by atoms with Crippen molar-refractivity contribution in [1.29, 1.82) is 0 Å². The van der Waals surface area contributed by atoms with Gasteiger partial charge in [0, 0.05) is 7.11 Å². The molecule has 0 aromatic heterocycles. The van der Waals surface area contributed by atoms with Gasteiger partial charge in [-0.2, -0.15) is 0 Å². The molecule has 0 amide bonds. The number of unbranched alkanes of at least 4 members (excludes halogenated alkanes) is 4. The molecule has 10 heteroatoms. The van der Waals surface area contributed by atoms with Gasteiger partial charge in [-0.3, -0.25) is 4.99 Å². The number of rotatable bonds is 11. The van der Waals surface area contributed by atoms with Crippen LogP contribution < -0.4 is 34.7 Å². The fraction of sp³-hybridized carbons (Fsp3) is 0.900. The average molecular weight is 439 g/mol. The molecule has 0 aromatic carbocycles. The van der Waals surface area contributed by atoms with Gasteiger partial charge in [-0.25, -0.2) is 4.79 Å². The minimum absolute atomic E-state index is 0. The summed E-state index contributed by atoms with van der Waals surface area (Å²) in [7, 11) is 1.44. The summed E-state index contributed by atoms with van der Waals surface area (Å²) in [6.45, 7) is 5.20. The standard InChI is InChI=1S/C20H35NO8.Na/c1-5-6-7-8-9-10-15-26-11-14-17(29-15)18(27-12(2)19(23)24)16(21-13(3)22)20(25-4)28-14;/h12,14-18,20H,5-11H2,1-4H3,(H,21,22)(H,23,24);/q;+1/p-1/t12?,14-,15?,16-,17-,18-,20+;/m1./s1. The number of ether oxygens (including phenoxy) is 5. The zero-order valence-electron chi connectivity index (χ0n) is 18.7. The van der Waals surface area contributed by atoms with E-state index in [-0.39, 0.29) is 36.2 Å². The number of aliphatic imine (C=N–C) groups is 1. The molecule has 2 rings (SSSR count). The molecule has 7 atom stereocenters. The molecule has 1 N–H and O–H groups in total. The minimum Gasteiger partial charge on any atom is -0.862 e. The molecule has 168 valence electrons. The second-order valence-electron chi connectivity index (χ2n) is 7.56. The number of carbonyl (C=O) groups is 1. The van der Waals surface area contributed by atoms with E-state index in [2.05, 4.69) is 11.9 Å². The Labute approximate surface area is 200 Å². The maximum atomic E-state index is 11.7. The molecular weight excluding hydrogens is 405 g/mol. The molecule has 0 spiro atoms. The second kappa shape index (κ2) is 14.0. The van der Waals surface area contributed by atoms with Crippen molar-refractivity contribution in [1.82, 2.24) is 0 Å². The molecule has 2 saturated heterocycles. The van der Waals surface area contributed by atoms with Crippen molar-refractivity contribution in [3.8, 4) is 0 Å². The van der Waals surface area contributed by atoms with Gasteiger partial charge in [0.15, 0.2) is 18.7 Å². The first-order valence-electron chi connectivity index (χ1n) is 10.4. The molecule has 0 saturated carbocycles. The first-order chi connectivity index (χ1) is 13.9. The van der Waals surface area contributed by atoms with Gasteiger partial charge in [0.2, 0.25) is 0 Å². The van der Waals surface area contributed by atoms with Gasteiger partial charge in [0.05, 0.1) is 6.61 Å². The van der Waals surface area contributed by atoms with Crippen molar-refractivity contribution in [2.24, 2.45) is 4.99 Å². The van der Waals surface area contributed by atoms with Crippen molar-refractivity contribution < 1.29 is 68.2 Å². The summed E-state index contributed by atoms with van der Waals surface area (Å²) >= 11 is 0. The summed E-state index contributed by atoms with van der Waals surface area (Å²) in [4.78, 5) is 15.4. The molecule has 2 fully saturated rings. The number of hydrogen-bond donors (Lipinski definition) is 1. The zero-order valence-corrected chi connectivity index (χ0v) is 20.7. The quantitative estimate of drug-likeness (QED) is 0.178. The molecule has 0 radical (unpaired) electrons. The summed E-state index contributed by atoms with van der Waals surface area (Å²) in [5, 5.41) is 21.0. The van der Waals surface area contributed by atoms with E-state index in [1.54, 1.807) is 0 Å². The van der Waals surface area contributed by atoms with E-state index in [0.717, 1.165) is 19.3 Å². The maximum absolute atomic E-state index is 11.7. The molecule has 0 aromatic rings. The van der Waals surface area contributed by atoms with E-state index >= 15 is 0 Å². The first kappa shape index (κ1) is 27.8. The number of methoxy groups -OCH3 is 1. The Kier molecular flexibility index (Phi) is 13.0. The molecule has 2 heterocycles. The van der Waals surface area contributed by atoms with E-state index in [9.17, 15) is 15.0 Å². The third-order valence-electron chi connectivity index (χ3n) is 5.19. The number of fused-ring (bicyclic) bond motifs is 1. The van der Waals surface area contributed by atoms with Crippen LogP contribution in [0, 0.1) is 0 Å². The third kappa shape index (κ3) is 8.02. The van der Waals surface area contributed by atoms with Crippen LogP contribution in [0.1, 0.15) is 59.3 Å². The van der Waals surface area contributed by atoms with Crippen molar-refractivity contribution in [2.75, 3.05) is 13.7 Å². The Morgan fingerprint density at radius 3 is 2.57 bits per heavy atom. The zero-order chi connectivity index (χ0) is 21.4. The van der Waals surface area contributed by atoms with Crippen LogP contribution in [0.5, 0.6) is 0 Å². The van der Waals surface area contributed by atoms with Crippen LogP contribution in [0.4, 0.5) is 0 Å². The molecule has 2 aliphatic rings. The van der Waals surface area contributed by atoms with Crippen molar-refractivity contribution in [3.63, 3.8) is 0 Å². The molecule has 2 aliphatic heterocycles. The Morgan fingerprint density at radius 2 is 1.97 bits per heavy atom. The Morgan fingerprint density at radius 1 is 1.27 bits per heavy atom. The van der Waals surface area contributed by atoms with Crippen LogP contribution in [0.15, 0.2) is 4.99 Å². The SMILES string of the molecule is CCCCCCCC1OC[C@H]2O[C@H](OC)[C@H](N=C(C)[O-])[C@@H](OC(C)C(=O)O)[C@@H]2O1.[Na+]. The van der Waals surface area contributed by atoms with Crippen LogP contribution in [-0.4, -0.2) is 73.7 Å².